The summed E-state index contributed by atoms with van der Waals surface area (Å²) < 4.78 is 5.65. The summed E-state index contributed by atoms with van der Waals surface area (Å²) in [6.07, 6.45) is 2.64. The Kier molecular flexibility index (Phi) is 7.00. The van der Waals surface area contributed by atoms with Crippen LogP contribution in [0, 0.1) is 0 Å². The Bertz CT molecular complexity index is 766. The summed E-state index contributed by atoms with van der Waals surface area (Å²) in [7, 11) is 1.65. The minimum atomic E-state index is -0.215. The number of thiocarbonyl (C=S) groups is 1. The Labute approximate surface area is 178 Å². The maximum atomic E-state index is 12.8. The molecule has 154 valence electrons. The summed E-state index contributed by atoms with van der Waals surface area (Å²) in [6, 6.07) is 3.95. The number of phenols is 1. The Balaban J connectivity index is 2.45. The van der Waals surface area contributed by atoms with E-state index < -0.39 is 0 Å². The van der Waals surface area contributed by atoms with Gasteiger partial charge in [-0.15, -0.1) is 0 Å². The van der Waals surface area contributed by atoms with Crippen molar-refractivity contribution in [3.05, 3.63) is 33.7 Å². The van der Waals surface area contributed by atoms with E-state index in [-0.39, 0.29) is 16.7 Å². The highest BCUT2D eigenvalue weighted by atomic mass is 32.2. The highest BCUT2D eigenvalue weighted by molar-refractivity contribution is 8.26. The van der Waals surface area contributed by atoms with Gasteiger partial charge in [0.05, 0.1) is 4.91 Å². The van der Waals surface area contributed by atoms with Gasteiger partial charge in [-0.25, -0.2) is 0 Å². The first-order valence-corrected chi connectivity index (χ1v) is 10.7. The molecule has 0 aromatic heterocycles. The van der Waals surface area contributed by atoms with E-state index in [2.05, 4.69) is 41.5 Å². The zero-order chi connectivity index (χ0) is 21.3. The van der Waals surface area contributed by atoms with Crippen LogP contribution in [0.2, 0.25) is 0 Å². The van der Waals surface area contributed by atoms with Crippen LogP contribution < -0.4 is 0 Å². The normalized spacial score (nSPS) is 17.1. The Morgan fingerprint density at radius 3 is 2.14 bits per heavy atom. The molecule has 0 bridgehead atoms. The lowest BCUT2D eigenvalue weighted by molar-refractivity contribution is -0.122. The van der Waals surface area contributed by atoms with Crippen LogP contribution >= 0.6 is 24.0 Å². The molecule has 1 saturated heterocycles. The highest BCUT2D eigenvalue weighted by Crippen LogP contribution is 2.41. The van der Waals surface area contributed by atoms with Gasteiger partial charge in [0.2, 0.25) is 0 Å². The van der Waals surface area contributed by atoms with Crippen molar-refractivity contribution in [1.29, 1.82) is 0 Å². The largest absolute Gasteiger partial charge is 0.507 e. The van der Waals surface area contributed by atoms with Gasteiger partial charge in [-0.1, -0.05) is 65.5 Å². The van der Waals surface area contributed by atoms with E-state index in [9.17, 15) is 9.90 Å². The summed E-state index contributed by atoms with van der Waals surface area (Å²) in [5, 5.41) is 10.9. The van der Waals surface area contributed by atoms with Crippen LogP contribution in [0.3, 0.4) is 0 Å². The van der Waals surface area contributed by atoms with Crippen LogP contribution in [-0.2, 0) is 20.4 Å². The second-order valence-electron chi connectivity index (χ2n) is 9.14. The summed E-state index contributed by atoms with van der Waals surface area (Å²) in [5.74, 6) is 0.276. The summed E-state index contributed by atoms with van der Waals surface area (Å²) in [5.41, 5.74) is 2.23. The molecule has 0 aliphatic carbocycles. The lowest BCUT2D eigenvalue weighted by Gasteiger charge is -2.28. The van der Waals surface area contributed by atoms with E-state index in [4.69, 9.17) is 17.0 Å². The summed E-state index contributed by atoms with van der Waals surface area (Å²) in [6.45, 7) is 13.6. The number of carbonyl (C=O) groups excluding carboxylic acids is 1. The zero-order valence-electron chi connectivity index (χ0n) is 17.9. The quantitative estimate of drug-likeness (QED) is 0.401. The van der Waals surface area contributed by atoms with Crippen molar-refractivity contribution < 1.29 is 14.6 Å². The van der Waals surface area contributed by atoms with Gasteiger partial charge in [-0.2, -0.15) is 0 Å². The molecule has 4 nitrogen and oxygen atoms in total. The first-order valence-electron chi connectivity index (χ1n) is 9.48. The molecule has 1 aliphatic rings. The van der Waals surface area contributed by atoms with Gasteiger partial charge in [0.15, 0.2) is 0 Å². The van der Waals surface area contributed by atoms with Gasteiger partial charge in [0.1, 0.15) is 10.1 Å². The summed E-state index contributed by atoms with van der Waals surface area (Å²) >= 11 is 6.73. The predicted octanol–water partition coefficient (Wildman–Crippen LogP) is 5.22. The van der Waals surface area contributed by atoms with E-state index in [1.807, 2.05) is 18.2 Å². The van der Waals surface area contributed by atoms with Crippen molar-refractivity contribution in [2.45, 2.75) is 58.8 Å². The van der Waals surface area contributed by atoms with Crippen molar-refractivity contribution in [3.63, 3.8) is 0 Å². The van der Waals surface area contributed by atoms with Crippen LogP contribution in [0.4, 0.5) is 0 Å². The number of hydrogen-bond acceptors (Lipinski definition) is 5. The minimum Gasteiger partial charge on any atom is -0.507 e. The molecule has 0 saturated carbocycles. The van der Waals surface area contributed by atoms with Gasteiger partial charge < -0.3 is 9.84 Å². The van der Waals surface area contributed by atoms with Gasteiger partial charge in [0.25, 0.3) is 5.91 Å². The molecule has 0 spiro atoms. The minimum absolute atomic E-state index is 0.0613. The van der Waals surface area contributed by atoms with E-state index in [1.165, 1.54) is 11.8 Å². The summed E-state index contributed by atoms with van der Waals surface area (Å²) in [4.78, 5) is 15.1. The fourth-order valence-corrected chi connectivity index (χ4v) is 4.40. The maximum Gasteiger partial charge on any atom is 0.266 e. The Hall–Kier alpha value is -1.37. The molecule has 0 unspecified atom stereocenters. The van der Waals surface area contributed by atoms with Gasteiger partial charge in [-0.3, -0.25) is 9.69 Å². The monoisotopic (exact) mass is 421 g/mol. The average molecular weight is 422 g/mol. The Morgan fingerprint density at radius 1 is 1.14 bits per heavy atom. The average Bonchev–Trinajstić information content (AvgIpc) is 2.81. The number of benzene rings is 1. The fourth-order valence-electron chi connectivity index (χ4n) is 3.09. The second-order valence-corrected chi connectivity index (χ2v) is 10.8. The van der Waals surface area contributed by atoms with Crippen molar-refractivity contribution in [2.24, 2.45) is 0 Å². The second kappa shape index (κ2) is 8.56. The number of phenolic OH excluding ortho intramolecular Hbond substituents is 1. The number of hydrogen-bond donors (Lipinski definition) is 1. The first kappa shape index (κ1) is 22.9. The number of methoxy groups -OCH3 is 1. The maximum absolute atomic E-state index is 12.8. The Morgan fingerprint density at radius 2 is 1.68 bits per heavy atom. The highest BCUT2D eigenvalue weighted by Gasteiger charge is 2.32. The van der Waals surface area contributed by atoms with Crippen LogP contribution in [0.5, 0.6) is 5.75 Å². The molecule has 1 aromatic rings. The van der Waals surface area contributed by atoms with Crippen molar-refractivity contribution in [1.82, 2.24) is 4.90 Å². The zero-order valence-corrected chi connectivity index (χ0v) is 19.5. The van der Waals surface area contributed by atoms with Crippen molar-refractivity contribution in [2.75, 3.05) is 20.3 Å². The number of rotatable bonds is 5. The van der Waals surface area contributed by atoms with E-state index >= 15 is 0 Å². The van der Waals surface area contributed by atoms with E-state index in [1.54, 1.807) is 12.0 Å². The first-order chi connectivity index (χ1) is 12.9. The topological polar surface area (TPSA) is 49.8 Å². The molecule has 1 heterocycles. The third kappa shape index (κ3) is 5.16. The standard InChI is InChI=1S/C22H31NO3S2/c1-21(2,3)15-11-14(12-16(18(15)24)22(4,5)6)13-17-19(25)23(20(27)28-17)9-8-10-26-7/h11-13,24H,8-10H2,1-7H3. The number of carbonyl (C=O) groups is 1. The smallest absolute Gasteiger partial charge is 0.266 e. The molecule has 1 N–H and O–H groups in total. The van der Waals surface area contributed by atoms with Crippen LogP contribution in [0.15, 0.2) is 17.0 Å². The molecule has 0 atom stereocenters. The third-order valence-corrected chi connectivity index (χ3v) is 6.03. The molecule has 6 heteroatoms. The third-order valence-electron chi connectivity index (χ3n) is 4.65. The van der Waals surface area contributed by atoms with Gasteiger partial charge in [0, 0.05) is 31.4 Å². The van der Waals surface area contributed by atoms with Gasteiger partial charge in [-0.05, 0) is 41.0 Å². The molecule has 1 aliphatic heterocycles. The number of nitrogens with zero attached hydrogens (tertiary/aromatic N) is 1. The lowest BCUT2D eigenvalue weighted by Crippen LogP contribution is -2.29. The molecule has 2 rings (SSSR count). The number of amides is 1. The van der Waals surface area contributed by atoms with Gasteiger partial charge >= 0.3 is 0 Å². The van der Waals surface area contributed by atoms with Crippen molar-refractivity contribution in [3.8, 4) is 5.75 Å². The molecule has 1 amide bonds. The number of thioether (sulfide) groups is 1. The van der Waals surface area contributed by atoms with Crippen LogP contribution in [0.1, 0.15) is 64.7 Å². The number of ether oxygens (including phenoxy) is 1. The molecular formula is C22H31NO3S2. The van der Waals surface area contributed by atoms with E-state index in [0.717, 1.165) is 23.1 Å². The number of aromatic hydroxyl groups is 1. The molecule has 28 heavy (non-hydrogen) atoms. The fraction of sp³-hybridized carbons (Fsp3) is 0.545. The molecule has 1 fully saturated rings. The lowest BCUT2D eigenvalue weighted by atomic mass is 9.78. The van der Waals surface area contributed by atoms with Crippen LogP contribution in [-0.4, -0.2) is 40.5 Å². The molecule has 0 radical (unpaired) electrons. The molecule has 1 aromatic carbocycles. The predicted molar refractivity (Wildman–Crippen MR) is 122 cm³/mol. The molecular weight excluding hydrogens is 390 g/mol. The van der Waals surface area contributed by atoms with Crippen molar-refractivity contribution >= 4 is 40.3 Å². The van der Waals surface area contributed by atoms with Crippen LogP contribution in [0.25, 0.3) is 6.08 Å². The SMILES string of the molecule is COCCCN1C(=O)C(=Cc2cc(C(C)(C)C)c(O)c(C(C)(C)C)c2)SC1=S. The van der Waals surface area contributed by atoms with E-state index in [0.29, 0.717) is 28.1 Å².